The SMILES string of the molecule is COC(=O)C(N)CNC(=O)C1CCN(c2cccc(NC3=NCCCN3)c2)CC1. The minimum absolute atomic E-state index is 0.0548. The van der Waals surface area contributed by atoms with Gasteiger partial charge in [-0.2, -0.15) is 0 Å². The maximum absolute atomic E-state index is 12.4. The lowest BCUT2D eigenvalue weighted by atomic mass is 9.95. The number of piperidine rings is 1. The van der Waals surface area contributed by atoms with Gasteiger partial charge in [0.15, 0.2) is 5.96 Å². The van der Waals surface area contributed by atoms with Crippen LogP contribution in [-0.4, -0.2) is 63.7 Å². The highest BCUT2D eigenvalue weighted by Gasteiger charge is 2.26. The van der Waals surface area contributed by atoms with Crippen LogP contribution in [0.1, 0.15) is 19.3 Å². The quantitative estimate of drug-likeness (QED) is 0.504. The second-order valence-electron chi connectivity index (χ2n) is 7.32. The van der Waals surface area contributed by atoms with Crippen molar-refractivity contribution in [3.63, 3.8) is 0 Å². The van der Waals surface area contributed by atoms with E-state index >= 15 is 0 Å². The number of aliphatic imine (C=N–C) groups is 1. The average molecular weight is 402 g/mol. The van der Waals surface area contributed by atoms with E-state index in [0.29, 0.717) is 0 Å². The minimum atomic E-state index is -0.831. The highest BCUT2D eigenvalue weighted by molar-refractivity contribution is 5.94. The number of hydrogen-bond donors (Lipinski definition) is 4. The van der Waals surface area contributed by atoms with Crippen molar-refractivity contribution in [2.45, 2.75) is 25.3 Å². The molecule has 0 spiro atoms. The Balaban J connectivity index is 1.49. The molecule has 0 bridgehead atoms. The molecule has 9 heteroatoms. The fourth-order valence-electron chi connectivity index (χ4n) is 3.52. The Labute approximate surface area is 171 Å². The number of rotatable bonds is 6. The topological polar surface area (TPSA) is 121 Å². The van der Waals surface area contributed by atoms with Gasteiger partial charge in [0.25, 0.3) is 0 Å². The number of nitrogens with one attached hydrogen (secondary N) is 3. The Morgan fingerprint density at radius 3 is 2.86 bits per heavy atom. The Morgan fingerprint density at radius 1 is 1.38 bits per heavy atom. The number of benzene rings is 1. The van der Waals surface area contributed by atoms with Gasteiger partial charge < -0.3 is 31.3 Å². The summed E-state index contributed by atoms with van der Waals surface area (Å²) in [4.78, 5) is 30.4. The number of nitrogens with two attached hydrogens (primary N) is 1. The summed E-state index contributed by atoms with van der Waals surface area (Å²) in [6.07, 6.45) is 2.57. The highest BCUT2D eigenvalue weighted by Crippen LogP contribution is 2.25. The number of carbonyl (C=O) groups excluding carboxylic acids is 2. The molecule has 1 unspecified atom stereocenters. The fraction of sp³-hybridized carbons (Fsp3) is 0.550. The van der Waals surface area contributed by atoms with Crippen LogP contribution in [-0.2, 0) is 14.3 Å². The van der Waals surface area contributed by atoms with Crippen molar-refractivity contribution in [1.29, 1.82) is 0 Å². The monoisotopic (exact) mass is 402 g/mol. The van der Waals surface area contributed by atoms with Gasteiger partial charge in [0.05, 0.1) is 7.11 Å². The second-order valence-corrected chi connectivity index (χ2v) is 7.32. The number of esters is 1. The van der Waals surface area contributed by atoms with Crippen LogP contribution in [0, 0.1) is 5.92 Å². The zero-order valence-electron chi connectivity index (χ0n) is 16.8. The van der Waals surface area contributed by atoms with E-state index < -0.39 is 12.0 Å². The predicted octanol–water partition coefficient (Wildman–Crippen LogP) is 0.281. The van der Waals surface area contributed by atoms with Gasteiger partial charge in [-0.05, 0) is 37.5 Å². The summed E-state index contributed by atoms with van der Waals surface area (Å²) in [5.74, 6) is 0.163. The van der Waals surface area contributed by atoms with E-state index in [9.17, 15) is 9.59 Å². The molecule has 1 amide bonds. The predicted molar refractivity (Wildman–Crippen MR) is 113 cm³/mol. The van der Waals surface area contributed by atoms with Gasteiger partial charge >= 0.3 is 5.97 Å². The van der Waals surface area contributed by atoms with Crippen molar-refractivity contribution in [2.75, 3.05) is 50.1 Å². The highest BCUT2D eigenvalue weighted by atomic mass is 16.5. The zero-order valence-corrected chi connectivity index (χ0v) is 16.8. The molecule has 0 radical (unpaired) electrons. The van der Waals surface area contributed by atoms with Crippen molar-refractivity contribution in [3.8, 4) is 0 Å². The molecule has 29 heavy (non-hydrogen) atoms. The molecule has 1 saturated heterocycles. The zero-order chi connectivity index (χ0) is 20.6. The maximum atomic E-state index is 12.4. The van der Waals surface area contributed by atoms with Crippen LogP contribution >= 0.6 is 0 Å². The molecule has 2 aliphatic rings. The van der Waals surface area contributed by atoms with Gasteiger partial charge in [-0.15, -0.1) is 0 Å². The van der Waals surface area contributed by atoms with Crippen LogP contribution in [0.2, 0.25) is 0 Å². The number of amides is 1. The Morgan fingerprint density at radius 2 is 2.17 bits per heavy atom. The largest absolute Gasteiger partial charge is 0.468 e. The molecule has 3 rings (SSSR count). The number of nitrogens with zero attached hydrogens (tertiary/aromatic N) is 2. The third-order valence-corrected chi connectivity index (χ3v) is 5.24. The maximum Gasteiger partial charge on any atom is 0.324 e. The van der Waals surface area contributed by atoms with Crippen molar-refractivity contribution in [2.24, 2.45) is 16.6 Å². The Hall–Kier alpha value is -2.81. The van der Waals surface area contributed by atoms with E-state index in [0.717, 1.165) is 62.8 Å². The molecule has 1 atom stereocenters. The lowest BCUT2D eigenvalue weighted by molar-refractivity contribution is -0.142. The molecule has 2 heterocycles. The summed E-state index contributed by atoms with van der Waals surface area (Å²) < 4.78 is 4.57. The van der Waals surface area contributed by atoms with Crippen molar-refractivity contribution < 1.29 is 14.3 Å². The van der Waals surface area contributed by atoms with Gasteiger partial charge in [0, 0.05) is 50.0 Å². The summed E-state index contributed by atoms with van der Waals surface area (Å²) in [6, 6.07) is 7.40. The first-order chi connectivity index (χ1) is 14.1. The molecular formula is C20H30N6O3. The number of hydrogen-bond acceptors (Lipinski definition) is 8. The van der Waals surface area contributed by atoms with Crippen LogP contribution in [0.3, 0.4) is 0 Å². The average Bonchev–Trinajstić information content (AvgIpc) is 2.77. The molecule has 1 aromatic rings. The van der Waals surface area contributed by atoms with Crippen molar-refractivity contribution in [1.82, 2.24) is 10.6 Å². The van der Waals surface area contributed by atoms with Gasteiger partial charge in [0.1, 0.15) is 6.04 Å². The van der Waals surface area contributed by atoms with E-state index in [4.69, 9.17) is 5.73 Å². The van der Waals surface area contributed by atoms with E-state index in [2.05, 4.69) is 42.7 Å². The molecule has 1 aromatic carbocycles. The first-order valence-corrected chi connectivity index (χ1v) is 10.1. The molecule has 0 aliphatic carbocycles. The van der Waals surface area contributed by atoms with Gasteiger partial charge in [-0.1, -0.05) is 6.07 Å². The van der Waals surface area contributed by atoms with Crippen LogP contribution in [0.15, 0.2) is 29.3 Å². The fourth-order valence-corrected chi connectivity index (χ4v) is 3.52. The molecule has 5 N–H and O–H groups in total. The molecule has 2 aliphatic heterocycles. The van der Waals surface area contributed by atoms with E-state index in [1.807, 2.05) is 12.1 Å². The molecule has 0 saturated carbocycles. The lowest BCUT2D eigenvalue weighted by Crippen LogP contribution is -2.46. The third-order valence-electron chi connectivity index (χ3n) is 5.24. The van der Waals surface area contributed by atoms with Crippen LogP contribution < -0.4 is 26.6 Å². The van der Waals surface area contributed by atoms with Gasteiger partial charge in [-0.3, -0.25) is 14.6 Å². The number of methoxy groups -OCH3 is 1. The molecule has 9 nitrogen and oxygen atoms in total. The Kier molecular flexibility index (Phi) is 7.29. The first-order valence-electron chi connectivity index (χ1n) is 10.1. The molecule has 1 fully saturated rings. The Bertz CT molecular complexity index is 745. The number of carbonyl (C=O) groups is 2. The minimum Gasteiger partial charge on any atom is -0.468 e. The molecule has 0 aromatic heterocycles. The van der Waals surface area contributed by atoms with E-state index in [1.165, 1.54) is 7.11 Å². The van der Waals surface area contributed by atoms with Gasteiger partial charge in [0.2, 0.25) is 5.91 Å². The molecule has 158 valence electrons. The summed E-state index contributed by atoms with van der Waals surface area (Å²) in [5.41, 5.74) is 7.78. The summed E-state index contributed by atoms with van der Waals surface area (Å²) in [6.45, 7) is 3.46. The lowest BCUT2D eigenvalue weighted by Gasteiger charge is -2.33. The van der Waals surface area contributed by atoms with E-state index in [1.54, 1.807) is 0 Å². The second kappa shape index (κ2) is 10.1. The van der Waals surface area contributed by atoms with Crippen LogP contribution in [0.5, 0.6) is 0 Å². The van der Waals surface area contributed by atoms with Crippen molar-refractivity contribution >= 4 is 29.2 Å². The standard InChI is InChI=1S/C20H30N6O3/c1-29-19(28)17(21)13-24-18(27)14-6-10-26(11-7-14)16-5-2-4-15(12-16)25-20-22-8-3-9-23-20/h2,4-5,12,14,17H,3,6-11,13,21H2,1H3,(H,24,27)(H2,22,23,25). The summed E-state index contributed by atoms with van der Waals surface area (Å²) in [7, 11) is 1.28. The number of anilines is 2. The normalized spacial score (nSPS) is 18.3. The smallest absolute Gasteiger partial charge is 0.324 e. The van der Waals surface area contributed by atoms with Crippen molar-refractivity contribution in [3.05, 3.63) is 24.3 Å². The summed E-state index contributed by atoms with van der Waals surface area (Å²) >= 11 is 0. The number of ether oxygens (including phenoxy) is 1. The van der Waals surface area contributed by atoms with Crippen LogP contribution in [0.25, 0.3) is 0 Å². The van der Waals surface area contributed by atoms with Gasteiger partial charge in [-0.25, -0.2) is 0 Å². The molecular weight excluding hydrogens is 372 g/mol. The summed E-state index contributed by atoms with van der Waals surface area (Å²) in [5, 5.41) is 9.35. The van der Waals surface area contributed by atoms with E-state index in [-0.39, 0.29) is 18.4 Å². The number of guanidine groups is 1. The third kappa shape index (κ3) is 5.83. The van der Waals surface area contributed by atoms with Crippen LogP contribution in [0.4, 0.5) is 11.4 Å². The first kappa shape index (κ1) is 20.9.